The standard InChI is InChI=1S/C14H18N5O11P.Na/c20-7(21)1-5(14(24)25)18-11-8-12(16-3-15-11)19(4-17-8)13-10(23)9(22)6(30-13)2-29-31(26,27)28;/h3-6,9-10,13,22-23H,1-2H2,(H,20,21)(H,24,25)(H,15,16,18)(H2,26,27,28);. The predicted octanol–water partition coefficient (Wildman–Crippen LogP) is -2.49. The number of fused-ring (bicyclic) bond motifs is 1. The quantitative estimate of drug-likeness (QED) is 0.143. The van der Waals surface area contributed by atoms with Crippen LogP contribution < -0.4 is 5.32 Å². The van der Waals surface area contributed by atoms with Crippen LogP contribution in [-0.4, -0.2) is 122 Å². The molecule has 2 aromatic rings. The van der Waals surface area contributed by atoms with E-state index in [0.29, 0.717) is 0 Å². The summed E-state index contributed by atoms with van der Waals surface area (Å²) in [6.45, 7) is -0.705. The van der Waals surface area contributed by atoms with Crippen LogP contribution in [-0.2, 0) is 23.4 Å². The number of imidazole rings is 1. The Hall–Kier alpha value is -1.72. The molecule has 5 unspecified atom stereocenters. The first-order valence-corrected chi connectivity index (χ1v) is 10.1. The average molecular weight is 486 g/mol. The molecule has 1 saturated heterocycles. The van der Waals surface area contributed by atoms with Gasteiger partial charge in [0.1, 0.15) is 30.7 Å². The number of aliphatic hydroxyl groups is 2. The Morgan fingerprint density at radius 3 is 2.50 bits per heavy atom. The Balaban J connectivity index is 0.00000363. The maximum Gasteiger partial charge on any atom is 0.469 e. The summed E-state index contributed by atoms with van der Waals surface area (Å²) in [5, 5.41) is 40.9. The van der Waals surface area contributed by atoms with E-state index >= 15 is 0 Å². The second-order valence-electron chi connectivity index (χ2n) is 6.51. The van der Waals surface area contributed by atoms with Gasteiger partial charge in [0, 0.05) is 29.6 Å². The summed E-state index contributed by atoms with van der Waals surface area (Å²) < 4.78 is 21.8. The molecule has 0 aliphatic carbocycles. The molecule has 2 aromatic heterocycles. The second-order valence-corrected chi connectivity index (χ2v) is 7.75. The van der Waals surface area contributed by atoms with E-state index in [4.69, 9.17) is 19.6 Å². The third kappa shape index (κ3) is 5.99. The molecular weight excluding hydrogens is 468 g/mol. The fourth-order valence-corrected chi connectivity index (χ4v) is 3.29. The van der Waals surface area contributed by atoms with E-state index in [2.05, 4.69) is 24.8 Å². The van der Waals surface area contributed by atoms with Gasteiger partial charge in [0.05, 0.1) is 19.4 Å². The molecule has 3 rings (SSSR count). The van der Waals surface area contributed by atoms with Crippen molar-refractivity contribution < 1.29 is 53.6 Å². The monoisotopic (exact) mass is 486 g/mol. The molecule has 1 aliphatic heterocycles. The molecule has 5 atom stereocenters. The number of aliphatic carboxylic acids is 2. The van der Waals surface area contributed by atoms with Gasteiger partial charge in [-0.25, -0.2) is 24.3 Å². The van der Waals surface area contributed by atoms with E-state index in [1.807, 2.05) is 0 Å². The number of aliphatic hydroxyl groups excluding tert-OH is 2. The van der Waals surface area contributed by atoms with Crippen LogP contribution in [0.1, 0.15) is 12.6 Å². The number of carboxylic acids is 2. The molecule has 32 heavy (non-hydrogen) atoms. The summed E-state index contributed by atoms with van der Waals surface area (Å²) in [4.78, 5) is 51.6. The zero-order chi connectivity index (χ0) is 22.9. The molecule has 18 heteroatoms. The van der Waals surface area contributed by atoms with Gasteiger partial charge in [-0.05, 0) is 0 Å². The van der Waals surface area contributed by atoms with Crippen molar-refractivity contribution in [2.45, 2.75) is 37.0 Å². The molecule has 0 saturated carbocycles. The van der Waals surface area contributed by atoms with E-state index in [1.165, 1.54) is 4.57 Å². The molecule has 0 aromatic carbocycles. The van der Waals surface area contributed by atoms with Gasteiger partial charge in [-0.2, -0.15) is 0 Å². The van der Waals surface area contributed by atoms with Gasteiger partial charge in [-0.1, -0.05) is 0 Å². The van der Waals surface area contributed by atoms with Crippen molar-refractivity contribution in [2.75, 3.05) is 11.9 Å². The Morgan fingerprint density at radius 1 is 1.22 bits per heavy atom. The molecule has 0 spiro atoms. The van der Waals surface area contributed by atoms with Crippen LogP contribution in [0.4, 0.5) is 5.82 Å². The third-order valence-corrected chi connectivity index (χ3v) is 4.85. The molecule has 1 aliphatic rings. The van der Waals surface area contributed by atoms with Gasteiger partial charge in [-0.15, -0.1) is 0 Å². The van der Waals surface area contributed by atoms with Crippen LogP contribution in [0, 0.1) is 0 Å². The number of nitrogens with zero attached hydrogens (tertiary/aromatic N) is 4. The number of aromatic nitrogens is 4. The number of hydrogen-bond donors (Lipinski definition) is 7. The molecule has 0 bridgehead atoms. The molecule has 7 N–H and O–H groups in total. The number of carboxylic acid groups (broad SMARTS) is 2. The largest absolute Gasteiger partial charge is 0.481 e. The average Bonchev–Trinajstić information content (AvgIpc) is 3.21. The molecule has 1 radical (unpaired) electrons. The number of anilines is 1. The van der Waals surface area contributed by atoms with Crippen molar-refractivity contribution in [3.05, 3.63) is 12.7 Å². The van der Waals surface area contributed by atoms with Crippen molar-refractivity contribution in [2.24, 2.45) is 0 Å². The Bertz CT molecular complexity index is 1030. The summed E-state index contributed by atoms with van der Waals surface area (Å²) in [6.07, 6.45) is -4.20. The van der Waals surface area contributed by atoms with Gasteiger partial charge in [0.2, 0.25) is 0 Å². The predicted molar refractivity (Wildman–Crippen MR) is 102 cm³/mol. The van der Waals surface area contributed by atoms with Crippen LogP contribution in [0.3, 0.4) is 0 Å². The van der Waals surface area contributed by atoms with E-state index in [-0.39, 0.29) is 46.5 Å². The summed E-state index contributed by atoms with van der Waals surface area (Å²) in [7, 11) is -4.83. The normalized spacial score (nSPS) is 24.1. The number of rotatable bonds is 9. The summed E-state index contributed by atoms with van der Waals surface area (Å²) in [5.74, 6) is -2.87. The van der Waals surface area contributed by atoms with E-state index in [0.717, 1.165) is 12.7 Å². The van der Waals surface area contributed by atoms with Crippen molar-refractivity contribution in [3.63, 3.8) is 0 Å². The molecule has 16 nitrogen and oxygen atoms in total. The first kappa shape index (κ1) is 26.5. The van der Waals surface area contributed by atoms with Crippen LogP contribution in [0.5, 0.6) is 0 Å². The van der Waals surface area contributed by atoms with Gasteiger partial charge >= 0.3 is 19.8 Å². The van der Waals surface area contributed by atoms with E-state index < -0.39 is 63.4 Å². The fraction of sp³-hybridized carbons (Fsp3) is 0.500. The van der Waals surface area contributed by atoms with Crippen molar-refractivity contribution in [1.29, 1.82) is 0 Å². The first-order chi connectivity index (χ1) is 14.5. The Kier molecular flexibility index (Phi) is 8.69. The van der Waals surface area contributed by atoms with Gasteiger partial charge in [0.25, 0.3) is 0 Å². The van der Waals surface area contributed by atoms with Crippen LogP contribution in [0.15, 0.2) is 12.7 Å². The number of phosphoric acid groups is 1. The Labute approximate surface area is 200 Å². The number of phosphoric ester groups is 1. The third-order valence-electron chi connectivity index (χ3n) is 4.36. The van der Waals surface area contributed by atoms with Crippen molar-refractivity contribution in [1.82, 2.24) is 19.5 Å². The van der Waals surface area contributed by atoms with Gasteiger partial charge in [0.15, 0.2) is 23.2 Å². The molecule has 171 valence electrons. The number of ether oxygens (including phenoxy) is 1. The molecular formula is C14H18N5NaO11P. The van der Waals surface area contributed by atoms with Crippen molar-refractivity contribution in [3.8, 4) is 0 Å². The minimum absolute atomic E-state index is 0. The topological polar surface area (TPSA) is 247 Å². The summed E-state index contributed by atoms with van der Waals surface area (Å²) in [6, 6.07) is -1.51. The first-order valence-electron chi connectivity index (χ1n) is 8.58. The smallest absolute Gasteiger partial charge is 0.469 e. The minimum atomic E-state index is -4.83. The fourth-order valence-electron chi connectivity index (χ4n) is 2.95. The molecule has 1 fully saturated rings. The summed E-state index contributed by atoms with van der Waals surface area (Å²) >= 11 is 0. The van der Waals surface area contributed by atoms with Crippen LogP contribution >= 0.6 is 7.82 Å². The summed E-state index contributed by atoms with van der Waals surface area (Å²) in [5.41, 5.74) is 0.0733. The zero-order valence-electron chi connectivity index (χ0n) is 16.4. The van der Waals surface area contributed by atoms with Gasteiger partial charge in [-0.3, -0.25) is 13.9 Å². The number of nitrogens with one attached hydrogen (secondary N) is 1. The second kappa shape index (κ2) is 10.5. The van der Waals surface area contributed by atoms with Gasteiger partial charge < -0.3 is 40.3 Å². The Morgan fingerprint density at radius 2 is 1.91 bits per heavy atom. The SMILES string of the molecule is O=C(O)CC(Nc1ncnc2c1ncn2C1OC(COP(=O)(O)O)C(O)C1O)C(=O)O.[Na]. The molecule has 3 heterocycles. The molecule has 0 amide bonds. The number of carbonyl (C=O) groups is 2. The van der Waals surface area contributed by atoms with Crippen molar-refractivity contribution >= 4 is 66.3 Å². The van der Waals surface area contributed by atoms with E-state index in [1.54, 1.807) is 0 Å². The zero-order valence-corrected chi connectivity index (χ0v) is 19.3. The minimum Gasteiger partial charge on any atom is -0.481 e. The number of hydrogen-bond acceptors (Lipinski definition) is 11. The van der Waals surface area contributed by atoms with E-state index in [9.17, 15) is 29.5 Å². The maximum atomic E-state index is 11.3. The van der Waals surface area contributed by atoms with Crippen LogP contribution in [0.25, 0.3) is 11.2 Å². The maximum absolute atomic E-state index is 11.3. The van der Waals surface area contributed by atoms with Crippen LogP contribution in [0.2, 0.25) is 0 Å².